The van der Waals surface area contributed by atoms with Crippen molar-refractivity contribution in [2.24, 2.45) is 11.8 Å². The van der Waals surface area contributed by atoms with E-state index < -0.39 is 0 Å². The first-order chi connectivity index (χ1) is 6.74. The summed E-state index contributed by atoms with van der Waals surface area (Å²) < 4.78 is 0. The van der Waals surface area contributed by atoms with Crippen molar-refractivity contribution in [3.8, 4) is 0 Å². The molecule has 1 saturated carbocycles. The van der Waals surface area contributed by atoms with Crippen molar-refractivity contribution in [2.75, 3.05) is 20.1 Å². The van der Waals surface area contributed by atoms with Crippen LogP contribution in [0.3, 0.4) is 0 Å². The van der Waals surface area contributed by atoms with E-state index in [0.29, 0.717) is 0 Å². The quantitative estimate of drug-likeness (QED) is 0.723. The van der Waals surface area contributed by atoms with Gasteiger partial charge in [-0.25, -0.2) is 0 Å². The molecule has 1 heterocycles. The van der Waals surface area contributed by atoms with Gasteiger partial charge in [-0.05, 0) is 38.1 Å². The zero-order valence-corrected chi connectivity index (χ0v) is 9.79. The fourth-order valence-corrected chi connectivity index (χ4v) is 3.14. The van der Waals surface area contributed by atoms with E-state index in [1.807, 2.05) is 0 Å². The van der Waals surface area contributed by atoms with Crippen molar-refractivity contribution in [2.45, 2.75) is 45.2 Å². The Morgan fingerprint density at radius 3 is 2.64 bits per heavy atom. The predicted molar refractivity (Wildman–Crippen MR) is 60.4 cm³/mol. The molecule has 1 saturated heterocycles. The normalized spacial score (nSPS) is 40.9. The van der Waals surface area contributed by atoms with Crippen LogP contribution in [0.2, 0.25) is 0 Å². The first kappa shape index (κ1) is 10.4. The molecule has 0 bridgehead atoms. The monoisotopic (exact) mass is 196 g/mol. The molecule has 2 heteroatoms. The highest BCUT2D eigenvalue weighted by Crippen LogP contribution is 2.40. The summed E-state index contributed by atoms with van der Waals surface area (Å²) in [7, 11) is 2.30. The van der Waals surface area contributed by atoms with Crippen molar-refractivity contribution in [1.29, 1.82) is 0 Å². The van der Waals surface area contributed by atoms with Crippen LogP contribution < -0.4 is 5.32 Å². The lowest BCUT2D eigenvalue weighted by molar-refractivity contribution is 0.166. The fraction of sp³-hybridized carbons (Fsp3) is 1.00. The zero-order valence-electron chi connectivity index (χ0n) is 9.79. The first-order valence-corrected chi connectivity index (χ1v) is 6.17. The molecule has 14 heavy (non-hydrogen) atoms. The second-order valence-electron chi connectivity index (χ2n) is 5.14. The molecule has 1 aliphatic heterocycles. The van der Waals surface area contributed by atoms with Crippen LogP contribution in [0.25, 0.3) is 0 Å². The van der Waals surface area contributed by atoms with Gasteiger partial charge in [-0.1, -0.05) is 13.8 Å². The van der Waals surface area contributed by atoms with Crippen molar-refractivity contribution in [3.05, 3.63) is 0 Å². The third kappa shape index (κ3) is 1.96. The minimum absolute atomic E-state index is 0.741. The maximum atomic E-state index is 3.68. The van der Waals surface area contributed by atoms with E-state index >= 15 is 0 Å². The summed E-state index contributed by atoms with van der Waals surface area (Å²) in [4.78, 5) is 2.59. The molecule has 2 aliphatic rings. The Hall–Kier alpha value is -0.0800. The Morgan fingerprint density at radius 2 is 2.07 bits per heavy atom. The molecule has 3 atom stereocenters. The molecule has 0 radical (unpaired) electrons. The minimum atomic E-state index is 0.741. The van der Waals surface area contributed by atoms with Crippen LogP contribution in [0.1, 0.15) is 33.1 Å². The molecule has 1 aliphatic carbocycles. The van der Waals surface area contributed by atoms with Gasteiger partial charge < -0.3 is 10.2 Å². The zero-order chi connectivity index (χ0) is 10.1. The van der Waals surface area contributed by atoms with E-state index in [4.69, 9.17) is 0 Å². The summed E-state index contributed by atoms with van der Waals surface area (Å²) in [6.45, 7) is 7.14. The van der Waals surface area contributed by atoms with E-state index in [0.717, 1.165) is 23.9 Å². The second kappa shape index (κ2) is 4.19. The molecule has 0 aromatic heterocycles. The van der Waals surface area contributed by atoms with Crippen LogP contribution in [-0.2, 0) is 0 Å². The molecule has 82 valence electrons. The van der Waals surface area contributed by atoms with Gasteiger partial charge in [0, 0.05) is 25.2 Å². The minimum Gasteiger partial charge on any atom is -0.312 e. The van der Waals surface area contributed by atoms with Gasteiger partial charge in [0.25, 0.3) is 0 Å². The number of rotatable bonds is 2. The summed E-state index contributed by atoms with van der Waals surface area (Å²) in [5.74, 6) is 1.82. The summed E-state index contributed by atoms with van der Waals surface area (Å²) >= 11 is 0. The molecular formula is C12H24N2. The molecule has 0 aromatic rings. The number of likely N-dealkylation sites (N-methyl/N-ethyl adjacent to an activating group) is 1. The maximum Gasteiger partial charge on any atom is 0.0161 e. The highest BCUT2D eigenvalue weighted by Gasteiger charge is 2.40. The van der Waals surface area contributed by atoms with E-state index in [1.165, 1.54) is 32.4 Å². The molecule has 2 nitrogen and oxygen atoms in total. The third-order valence-electron chi connectivity index (χ3n) is 4.10. The lowest BCUT2D eigenvalue weighted by atomic mass is 9.88. The molecule has 2 rings (SSSR count). The number of nitrogens with zero attached hydrogens (tertiary/aromatic N) is 1. The van der Waals surface area contributed by atoms with Crippen LogP contribution in [0.4, 0.5) is 0 Å². The van der Waals surface area contributed by atoms with Crippen LogP contribution in [-0.4, -0.2) is 37.1 Å². The van der Waals surface area contributed by atoms with Crippen LogP contribution in [0, 0.1) is 11.8 Å². The standard InChI is InChI=1S/C12H24N2/c1-4-11-9(2)12(10-5-6-10)14(3)8-7-13-11/h9-13H,4-8H2,1-3H3/t9-,11?,12-/m1/s1. The average molecular weight is 196 g/mol. The molecule has 0 aromatic carbocycles. The van der Waals surface area contributed by atoms with E-state index in [2.05, 4.69) is 31.1 Å². The fourth-order valence-electron chi connectivity index (χ4n) is 3.14. The summed E-state index contributed by atoms with van der Waals surface area (Å²) in [5, 5.41) is 3.68. The van der Waals surface area contributed by atoms with Gasteiger partial charge in [-0.3, -0.25) is 0 Å². The molecule has 2 fully saturated rings. The lowest BCUT2D eigenvalue weighted by Crippen LogP contribution is -2.42. The second-order valence-corrected chi connectivity index (χ2v) is 5.14. The van der Waals surface area contributed by atoms with Gasteiger partial charge >= 0.3 is 0 Å². The van der Waals surface area contributed by atoms with Gasteiger partial charge in [0.15, 0.2) is 0 Å². The van der Waals surface area contributed by atoms with E-state index in [1.54, 1.807) is 0 Å². The Morgan fingerprint density at radius 1 is 1.36 bits per heavy atom. The number of hydrogen-bond acceptors (Lipinski definition) is 2. The van der Waals surface area contributed by atoms with Crippen molar-refractivity contribution in [1.82, 2.24) is 10.2 Å². The number of nitrogens with one attached hydrogen (secondary N) is 1. The highest BCUT2D eigenvalue weighted by atomic mass is 15.2. The van der Waals surface area contributed by atoms with Crippen LogP contribution >= 0.6 is 0 Å². The maximum absolute atomic E-state index is 3.68. The van der Waals surface area contributed by atoms with Crippen LogP contribution in [0.5, 0.6) is 0 Å². The number of hydrogen-bond donors (Lipinski definition) is 1. The smallest absolute Gasteiger partial charge is 0.0161 e. The van der Waals surface area contributed by atoms with Gasteiger partial charge in [-0.15, -0.1) is 0 Å². The summed E-state index contributed by atoms with van der Waals surface area (Å²) in [6.07, 6.45) is 4.21. The summed E-state index contributed by atoms with van der Waals surface area (Å²) in [6, 6.07) is 1.58. The largest absolute Gasteiger partial charge is 0.312 e. The van der Waals surface area contributed by atoms with Crippen LogP contribution in [0.15, 0.2) is 0 Å². The van der Waals surface area contributed by atoms with Gasteiger partial charge in [-0.2, -0.15) is 0 Å². The van der Waals surface area contributed by atoms with Gasteiger partial charge in [0.2, 0.25) is 0 Å². The highest BCUT2D eigenvalue weighted by molar-refractivity contribution is 4.95. The molecular weight excluding hydrogens is 172 g/mol. The lowest BCUT2D eigenvalue weighted by Gasteiger charge is -2.33. The first-order valence-electron chi connectivity index (χ1n) is 6.17. The third-order valence-corrected chi connectivity index (χ3v) is 4.10. The van der Waals surface area contributed by atoms with Gasteiger partial charge in [0.1, 0.15) is 0 Å². The Kier molecular flexibility index (Phi) is 3.13. The van der Waals surface area contributed by atoms with Crippen molar-refractivity contribution < 1.29 is 0 Å². The Bertz CT molecular complexity index is 189. The molecule has 0 spiro atoms. The van der Waals surface area contributed by atoms with E-state index in [9.17, 15) is 0 Å². The topological polar surface area (TPSA) is 15.3 Å². The summed E-state index contributed by atoms with van der Waals surface area (Å²) in [5.41, 5.74) is 0. The Labute approximate surface area is 88.1 Å². The van der Waals surface area contributed by atoms with Crippen molar-refractivity contribution in [3.63, 3.8) is 0 Å². The van der Waals surface area contributed by atoms with Gasteiger partial charge in [0.05, 0.1) is 0 Å². The SMILES string of the molecule is CCC1NCCN(C)[C@@H](C2CC2)[C@@H]1C. The molecule has 1 N–H and O–H groups in total. The molecule has 0 amide bonds. The van der Waals surface area contributed by atoms with E-state index in [-0.39, 0.29) is 0 Å². The van der Waals surface area contributed by atoms with Crippen molar-refractivity contribution >= 4 is 0 Å². The Balaban J connectivity index is 2.07. The average Bonchev–Trinajstić information content (AvgIpc) is 2.95. The molecule has 1 unspecified atom stereocenters. The predicted octanol–water partition coefficient (Wildman–Crippen LogP) is 1.71.